The minimum atomic E-state index is 0.764. The predicted octanol–water partition coefficient (Wildman–Crippen LogP) is 2.29. The fourth-order valence-corrected chi connectivity index (χ4v) is 3.41. The van der Waals surface area contributed by atoms with E-state index >= 15 is 0 Å². The van der Waals surface area contributed by atoms with Gasteiger partial charge in [0.15, 0.2) is 0 Å². The van der Waals surface area contributed by atoms with Crippen LogP contribution in [-0.2, 0) is 13.0 Å². The van der Waals surface area contributed by atoms with Gasteiger partial charge in [-0.3, -0.25) is 4.68 Å². The predicted molar refractivity (Wildman–Crippen MR) is 77.2 cm³/mol. The highest BCUT2D eigenvalue weighted by atomic mass is 32.1. The van der Waals surface area contributed by atoms with Crippen LogP contribution in [0.2, 0.25) is 0 Å². The molecule has 0 N–H and O–H groups in total. The van der Waals surface area contributed by atoms with Crippen LogP contribution >= 0.6 is 11.3 Å². The van der Waals surface area contributed by atoms with Gasteiger partial charge in [-0.1, -0.05) is 11.3 Å². The number of hydrogen-bond acceptors (Lipinski definition) is 4. The van der Waals surface area contributed by atoms with Crippen LogP contribution < -0.4 is 0 Å². The highest BCUT2D eigenvalue weighted by molar-refractivity contribution is 7.09. The standard InChI is InChI=1S/C14H20N4S/c1-2-14(19-11-1)5-9-17-7-3-13(4-8-17)12-18-10-6-15-16-18/h1-2,6,10-11,13H,3-5,7-9,12H2. The van der Waals surface area contributed by atoms with Gasteiger partial charge < -0.3 is 4.90 Å². The maximum absolute atomic E-state index is 4.05. The largest absolute Gasteiger partial charge is 0.303 e. The van der Waals surface area contributed by atoms with Crippen LogP contribution in [0.15, 0.2) is 29.9 Å². The zero-order valence-electron chi connectivity index (χ0n) is 11.1. The smallest absolute Gasteiger partial charge is 0.0692 e. The Bertz CT molecular complexity index is 458. The SMILES string of the molecule is c1csc(CCN2CCC(Cn3ccnn3)CC2)c1. The number of hydrogen-bond donors (Lipinski definition) is 0. The van der Waals surface area contributed by atoms with Crippen LogP contribution in [0.4, 0.5) is 0 Å². The Kier molecular flexibility index (Phi) is 4.25. The summed E-state index contributed by atoms with van der Waals surface area (Å²) in [6.07, 6.45) is 7.49. The van der Waals surface area contributed by atoms with Gasteiger partial charge in [-0.05, 0) is 49.7 Å². The lowest BCUT2D eigenvalue weighted by Gasteiger charge is -2.31. The second-order valence-electron chi connectivity index (χ2n) is 5.24. The van der Waals surface area contributed by atoms with Crippen LogP contribution in [0.5, 0.6) is 0 Å². The molecule has 0 bridgehead atoms. The Hall–Kier alpha value is -1.20. The average Bonchev–Trinajstić information content (AvgIpc) is 3.11. The third kappa shape index (κ3) is 3.64. The molecular weight excluding hydrogens is 256 g/mol. The summed E-state index contributed by atoms with van der Waals surface area (Å²) in [4.78, 5) is 4.10. The zero-order valence-corrected chi connectivity index (χ0v) is 11.9. The molecule has 3 heterocycles. The molecule has 0 aromatic carbocycles. The van der Waals surface area contributed by atoms with Crippen LogP contribution in [0.3, 0.4) is 0 Å². The van der Waals surface area contributed by atoms with Gasteiger partial charge in [0.1, 0.15) is 0 Å². The van der Waals surface area contributed by atoms with Gasteiger partial charge in [-0.15, -0.1) is 16.4 Å². The van der Waals surface area contributed by atoms with Crippen molar-refractivity contribution >= 4 is 11.3 Å². The monoisotopic (exact) mass is 276 g/mol. The molecule has 5 heteroatoms. The maximum Gasteiger partial charge on any atom is 0.0692 e. The second kappa shape index (κ2) is 6.30. The van der Waals surface area contributed by atoms with Crippen LogP contribution in [0.1, 0.15) is 17.7 Å². The first kappa shape index (κ1) is 12.8. The minimum Gasteiger partial charge on any atom is -0.303 e. The summed E-state index contributed by atoms with van der Waals surface area (Å²) in [7, 11) is 0. The van der Waals surface area contributed by atoms with Crippen molar-refractivity contribution in [3.63, 3.8) is 0 Å². The molecule has 19 heavy (non-hydrogen) atoms. The summed E-state index contributed by atoms with van der Waals surface area (Å²) < 4.78 is 1.96. The molecule has 0 radical (unpaired) electrons. The van der Waals surface area contributed by atoms with E-state index in [1.165, 1.54) is 43.8 Å². The van der Waals surface area contributed by atoms with Gasteiger partial charge in [0.25, 0.3) is 0 Å². The van der Waals surface area contributed by atoms with E-state index in [0.29, 0.717) is 0 Å². The molecule has 1 saturated heterocycles. The molecule has 2 aromatic rings. The summed E-state index contributed by atoms with van der Waals surface area (Å²) in [5.74, 6) is 0.764. The minimum absolute atomic E-state index is 0.764. The lowest BCUT2D eigenvalue weighted by Crippen LogP contribution is -2.36. The highest BCUT2D eigenvalue weighted by Gasteiger charge is 2.19. The maximum atomic E-state index is 4.05. The van der Waals surface area contributed by atoms with E-state index in [0.717, 1.165) is 12.5 Å². The number of thiophene rings is 1. The van der Waals surface area contributed by atoms with Crippen molar-refractivity contribution in [2.24, 2.45) is 5.92 Å². The number of nitrogens with zero attached hydrogens (tertiary/aromatic N) is 4. The third-order valence-electron chi connectivity index (χ3n) is 3.88. The van der Waals surface area contributed by atoms with Crippen LogP contribution in [-0.4, -0.2) is 39.5 Å². The van der Waals surface area contributed by atoms with E-state index in [4.69, 9.17) is 0 Å². The molecule has 1 fully saturated rings. The van der Waals surface area contributed by atoms with Gasteiger partial charge in [0.05, 0.1) is 6.20 Å². The zero-order chi connectivity index (χ0) is 12.9. The van der Waals surface area contributed by atoms with Crippen molar-refractivity contribution in [1.29, 1.82) is 0 Å². The molecule has 0 spiro atoms. The molecule has 1 aliphatic rings. The molecule has 4 nitrogen and oxygen atoms in total. The number of rotatable bonds is 5. The van der Waals surface area contributed by atoms with Gasteiger partial charge in [0.2, 0.25) is 0 Å². The van der Waals surface area contributed by atoms with E-state index in [9.17, 15) is 0 Å². The van der Waals surface area contributed by atoms with Gasteiger partial charge in [-0.2, -0.15) is 0 Å². The Labute approximate surface area is 118 Å². The molecule has 1 aliphatic heterocycles. The van der Waals surface area contributed by atoms with E-state index in [1.54, 1.807) is 6.20 Å². The number of aromatic nitrogens is 3. The van der Waals surface area contributed by atoms with Gasteiger partial charge >= 0.3 is 0 Å². The van der Waals surface area contributed by atoms with E-state index in [1.807, 2.05) is 22.2 Å². The van der Waals surface area contributed by atoms with E-state index in [2.05, 4.69) is 32.7 Å². The summed E-state index contributed by atoms with van der Waals surface area (Å²) >= 11 is 1.87. The molecule has 0 atom stereocenters. The summed E-state index contributed by atoms with van der Waals surface area (Å²) in [6.45, 7) is 4.69. The quantitative estimate of drug-likeness (QED) is 0.840. The Morgan fingerprint density at radius 3 is 2.89 bits per heavy atom. The first-order valence-electron chi connectivity index (χ1n) is 6.99. The fourth-order valence-electron chi connectivity index (χ4n) is 2.71. The Balaban J connectivity index is 1.39. The molecule has 102 valence electrons. The second-order valence-corrected chi connectivity index (χ2v) is 6.27. The number of piperidine rings is 1. The average molecular weight is 276 g/mol. The lowest BCUT2D eigenvalue weighted by atomic mass is 9.97. The van der Waals surface area contributed by atoms with E-state index in [-0.39, 0.29) is 0 Å². The summed E-state index contributed by atoms with van der Waals surface area (Å²) in [6, 6.07) is 4.38. The first-order chi connectivity index (χ1) is 9.40. The molecular formula is C14H20N4S. The van der Waals surface area contributed by atoms with Gasteiger partial charge in [0, 0.05) is 24.2 Å². The molecule has 0 unspecified atom stereocenters. The molecule has 3 rings (SSSR count). The summed E-state index contributed by atoms with van der Waals surface area (Å²) in [5, 5.41) is 10.1. The Morgan fingerprint density at radius 1 is 1.32 bits per heavy atom. The highest BCUT2D eigenvalue weighted by Crippen LogP contribution is 2.19. The molecule has 0 amide bonds. The fraction of sp³-hybridized carbons (Fsp3) is 0.571. The van der Waals surface area contributed by atoms with Crippen molar-refractivity contribution in [3.05, 3.63) is 34.8 Å². The van der Waals surface area contributed by atoms with Crippen LogP contribution in [0, 0.1) is 5.92 Å². The summed E-state index contributed by atoms with van der Waals surface area (Å²) in [5.41, 5.74) is 0. The van der Waals surface area contributed by atoms with E-state index < -0.39 is 0 Å². The molecule has 0 aliphatic carbocycles. The van der Waals surface area contributed by atoms with Crippen molar-refractivity contribution in [2.45, 2.75) is 25.8 Å². The van der Waals surface area contributed by atoms with Crippen molar-refractivity contribution in [2.75, 3.05) is 19.6 Å². The van der Waals surface area contributed by atoms with Crippen molar-refractivity contribution in [1.82, 2.24) is 19.9 Å². The molecule has 2 aromatic heterocycles. The normalized spacial score (nSPS) is 17.9. The van der Waals surface area contributed by atoms with Crippen molar-refractivity contribution in [3.8, 4) is 0 Å². The van der Waals surface area contributed by atoms with Crippen LogP contribution in [0.25, 0.3) is 0 Å². The lowest BCUT2D eigenvalue weighted by molar-refractivity contribution is 0.172. The van der Waals surface area contributed by atoms with Crippen molar-refractivity contribution < 1.29 is 0 Å². The first-order valence-corrected chi connectivity index (χ1v) is 7.87. The third-order valence-corrected chi connectivity index (χ3v) is 4.82. The number of likely N-dealkylation sites (tertiary alicyclic amines) is 1. The molecule has 0 saturated carbocycles. The van der Waals surface area contributed by atoms with Gasteiger partial charge in [-0.25, -0.2) is 0 Å². The Morgan fingerprint density at radius 2 is 2.21 bits per heavy atom. The topological polar surface area (TPSA) is 34.0 Å².